The van der Waals surface area contributed by atoms with Crippen molar-refractivity contribution in [1.29, 1.82) is 0 Å². The summed E-state index contributed by atoms with van der Waals surface area (Å²) in [4.78, 5) is 11.1. The maximum atomic E-state index is 10.8. The molecular weight excluding hydrogens is 272 g/mol. The van der Waals surface area contributed by atoms with Crippen LogP contribution in [0, 0.1) is 0 Å². The molecule has 2 rings (SSSR count). The minimum absolute atomic E-state index is 0.150. The summed E-state index contributed by atoms with van der Waals surface area (Å²) in [5, 5.41) is 10.6. The third-order valence-corrected chi connectivity index (χ3v) is 4.44. The van der Waals surface area contributed by atoms with Gasteiger partial charge in [0.25, 0.3) is 0 Å². The van der Waals surface area contributed by atoms with Crippen molar-refractivity contribution in [3.8, 4) is 11.5 Å². The lowest BCUT2D eigenvalue weighted by molar-refractivity contribution is 0.0702. The Labute approximate surface area is 122 Å². The topological polar surface area (TPSA) is 46.5 Å². The largest absolute Gasteiger partial charge is 0.477 e. The van der Waals surface area contributed by atoms with E-state index < -0.39 is 5.97 Å². The van der Waals surface area contributed by atoms with Crippen LogP contribution in [0.15, 0.2) is 35.7 Å². The fraction of sp³-hybridized carbons (Fsp3) is 0.312. The number of carboxylic acids is 1. The molecule has 0 spiro atoms. The predicted molar refractivity (Wildman–Crippen MR) is 81.1 cm³/mol. The summed E-state index contributed by atoms with van der Waals surface area (Å²) in [6, 6.07) is 9.50. The van der Waals surface area contributed by atoms with Crippen LogP contribution < -0.4 is 4.74 Å². The maximum Gasteiger partial charge on any atom is 0.346 e. The second-order valence-electron chi connectivity index (χ2n) is 5.32. The molecule has 0 aliphatic carbocycles. The maximum absolute atomic E-state index is 10.8. The Bertz CT molecular complexity index is 596. The molecule has 1 N–H and O–H groups in total. The van der Waals surface area contributed by atoms with Crippen molar-refractivity contribution in [2.75, 3.05) is 0 Å². The van der Waals surface area contributed by atoms with Gasteiger partial charge in [-0.3, -0.25) is 0 Å². The van der Waals surface area contributed by atoms with E-state index in [2.05, 4.69) is 32.9 Å². The predicted octanol–water partition coefficient (Wildman–Crippen LogP) is 4.93. The normalized spacial score (nSPS) is 11.3. The van der Waals surface area contributed by atoms with Crippen molar-refractivity contribution in [2.45, 2.75) is 32.6 Å². The van der Waals surface area contributed by atoms with Gasteiger partial charge in [-0.2, -0.15) is 0 Å². The number of ether oxygens (including phenoxy) is 1. The van der Waals surface area contributed by atoms with Gasteiger partial charge in [0.1, 0.15) is 16.4 Å². The van der Waals surface area contributed by atoms with Crippen LogP contribution in [0.5, 0.6) is 11.5 Å². The Morgan fingerprint density at radius 3 is 2.40 bits per heavy atom. The van der Waals surface area contributed by atoms with Crippen LogP contribution in [0.25, 0.3) is 0 Å². The van der Waals surface area contributed by atoms with Gasteiger partial charge in [-0.25, -0.2) is 4.79 Å². The number of carboxylic acid groups (broad SMARTS) is 1. The van der Waals surface area contributed by atoms with Gasteiger partial charge < -0.3 is 9.84 Å². The van der Waals surface area contributed by atoms with E-state index in [-0.39, 0.29) is 10.3 Å². The lowest BCUT2D eigenvalue weighted by atomic mass is 9.82. The van der Waals surface area contributed by atoms with Crippen LogP contribution in [0.1, 0.15) is 42.4 Å². The molecule has 20 heavy (non-hydrogen) atoms. The van der Waals surface area contributed by atoms with Gasteiger partial charge in [0.05, 0.1) is 0 Å². The molecule has 106 valence electrons. The summed E-state index contributed by atoms with van der Waals surface area (Å²) < 4.78 is 5.66. The van der Waals surface area contributed by atoms with Crippen molar-refractivity contribution in [3.63, 3.8) is 0 Å². The number of thiophene rings is 1. The van der Waals surface area contributed by atoms with Crippen LogP contribution in [-0.2, 0) is 5.41 Å². The standard InChI is InChI=1S/C16H18O3S/c1-4-16(2,3)11-5-7-12(8-6-11)19-13-9-14(15(17)18)20-10-13/h5-10H,4H2,1-3H3,(H,17,18). The summed E-state index contributed by atoms with van der Waals surface area (Å²) in [5.41, 5.74) is 1.42. The molecule has 2 aromatic rings. The molecule has 0 saturated heterocycles. The fourth-order valence-corrected chi connectivity index (χ4v) is 2.44. The molecule has 1 heterocycles. The first kappa shape index (κ1) is 14.6. The van der Waals surface area contributed by atoms with Gasteiger partial charge in [0.2, 0.25) is 0 Å². The van der Waals surface area contributed by atoms with Crippen LogP contribution >= 0.6 is 11.3 Å². The molecule has 0 unspecified atom stereocenters. The van der Waals surface area contributed by atoms with Crippen molar-refractivity contribution in [1.82, 2.24) is 0 Å². The molecule has 3 nitrogen and oxygen atoms in total. The average Bonchev–Trinajstić information content (AvgIpc) is 2.88. The average molecular weight is 290 g/mol. The Kier molecular flexibility index (Phi) is 4.14. The van der Waals surface area contributed by atoms with E-state index in [1.165, 1.54) is 11.6 Å². The minimum Gasteiger partial charge on any atom is -0.477 e. The molecular formula is C16H18O3S. The third-order valence-electron chi connectivity index (χ3n) is 3.54. The number of hydrogen-bond donors (Lipinski definition) is 1. The van der Waals surface area contributed by atoms with E-state index >= 15 is 0 Å². The van der Waals surface area contributed by atoms with E-state index in [1.54, 1.807) is 5.38 Å². The van der Waals surface area contributed by atoms with Gasteiger partial charge in [0.15, 0.2) is 0 Å². The van der Waals surface area contributed by atoms with Crippen LogP contribution in [-0.4, -0.2) is 11.1 Å². The first-order valence-corrected chi connectivity index (χ1v) is 7.40. The highest BCUT2D eigenvalue weighted by Crippen LogP contribution is 2.31. The smallest absolute Gasteiger partial charge is 0.346 e. The molecule has 0 amide bonds. The zero-order valence-electron chi connectivity index (χ0n) is 11.8. The molecule has 0 fully saturated rings. The lowest BCUT2D eigenvalue weighted by Crippen LogP contribution is -2.14. The summed E-state index contributed by atoms with van der Waals surface area (Å²) in [6.07, 6.45) is 1.07. The van der Waals surface area contributed by atoms with Crippen molar-refractivity contribution >= 4 is 17.3 Å². The molecule has 0 aliphatic rings. The summed E-state index contributed by atoms with van der Waals surface area (Å²) in [6.45, 7) is 6.59. The highest BCUT2D eigenvalue weighted by molar-refractivity contribution is 7.12. The van der Waals surface area contributed by atoms with Crippen LogP contribution in [0.2, 0.25) is 0 Å². The number of benzene rings is 1. The van der Waals surface area contributed by atoms with E-state index in [9.17, 15) is 4.79 Å². The van der Waals surface area contributed by atoms with Gasteiger partial charge >= 0.3 is 5.97 Å². The number of hydrogen-bond acceptors (Lipinski definition) is 3. The second-order valence-corrected chi connectivity index (χ2v) is 6.23. The molecule has 0 saturated carbocycles. The Balaban J connectivity index is 2.12. The van der Waals surface area contributed by atoms with Crippen molar-refractivity contribution < 1.29 is 14.6 Å². The molecule has 0 aliphatic heterocycles. The van der Waals surface area contributed by atoms with Gasteiger partial charge in [-0.1, -0.05) is 32.9 Å². The van der Waals surface area contributed by atoms with E-state index in [4.69, 9.17) is 9.84 Å². The van der Waals surface area contributed by atoms with E-state index in [1.807, 2.05) is 12.1 Å². The van der Waals surface area contributed by atoms with Gasteiger partial charge in [0, 0.05) is 11.4 Å². The highest BCUT2D eigenvalue weighted by Gasteiger charge is 2.17. The third kappa shape index (κ3) is 3.20. The van der Waals surface area contributed by atoms with Gasteiger partial charge in [-0.05, 0) is 29.5 Å². The Morgan fingerprint density at radius 2 is 1.90 bits per heavy atom. The zero-order valence-corrected chi connectivity index (χ0v) is 12.7. The Hall–Kier alpha value is -1.81. The minimum atomic E-state index is -0.926. The van der Waals surface area contributed by atoms with E-state index in [0.29, 0.717) is 5.75 Å². The monoisotopic (exact) mass is 290 g/mol. The number of carbonyl (C=O) groups is 1. The lowest BCUT2D eigenvalue weighted by Gasteiger charge is -2.23. The second kappa shape index (κ2) is 5.67. The first-order chi connectivity index (χ1) is 9.42. The fourth-order valence-electron chi connectivity index (χ4n) is 1.80. The van der Waals surface area contributed by atoms with Crippen LogP contribution in [0.4, 0.5) is 0 Å². The zero-order chi connectivity index (χ0) is 14.8. The van der Waals surface area contributed by atoms with E-state index in [0.717, 1.165) is 23.5 Å². The number of rotatable bonds is 5. The quantitative estimate of drug-likeness (QED) is 0.849. The molecule has 4 heteroatoms. The number of aromatic carboxylic acids is 1. The SMILES string of the molecule is CCC(C)(C)c1ccc(Oc2csc(C(=O)O)c2)cc1. The van der Waals surface area contributed by atoms with Crippen molar-refractivity contribution in [2.24, 2.45) is 0 Å². The molecule has 1 aromatic heterocycles. The van der Waals surface area contributed by atoms with Crippen molar-refractivity contribution in [3.05, 3.63) is 46.2 Å². The molecule has 0 bridgehead atoms. The molecule has 1 aromatic carbocycles. The highest BCUT2D eigenvalue weighted by atomic mass is 32.1. The molecule has 0 radical (unpaired) electrons. The first-order valence-electron chi connectivity index (χ1n) is 6.52. The summed E-state index contributed by atoms with van der Waals surface area (Å²) in [7, 11) is 0. The Morgan fingerprint density at radius 1 is 1.25 bits per heavy atom. The summed E-state index contributed by atoms with van der Waals surface area (Å²) in [5.74, 6) is 0.357. The van der Waals surface area contributed by atoms with Crippen LogP contribution in [0.3, 0.4) is 0 Å². The van der Waals surface area contributed by atoms with Gasteiger partial charge in [-0.15, -0.1) is 11.3 Å². The molecule has 0 atom stereocenters. The summed E-state index contributed by atoms with van der Waals surface area (Å²) >= 11 is 1.16.